The largest absolute Gasteiger partial charge is 0.495 e. The molecule has 1 aliphatic rings. The van der Waals surface area contributed by atoms with Crippen LogP contribution in [0.1, 0.15) is 5.56 Å². The average molecular weight is 456 g/mol. The number of nitrogens with one attached hydrogen (secondary N) is 2. The first-order valence-electron chi connectivity index (χ1n) is 10.6. The zero-order valence-electron chi connectivity index (χ0n) is 18.8. The molecule has 34 heavy (non-hydrogen) atoms. The van der Waals surface area contributed by atoms with Gasteiger partial charge in [0.1, 0.15) is 29.4 Å². The summed E-state index contributed by atoms with van der Waals surface area (Å²) in [4.78, 5) is 26.6. The Labute approximate surface area is 197 Å². The highest BCUT2D eigenvalue weighted by Gasteiger charge is 2.22. The molecule has 0 aromatic heterocycles. The van der Waals surface area contributed by atoms with Gasteiger partial charge in [-0.05, 0) is 48.1 Å². The molecule has 0 bridgehead atoms. The smallest absolute Gasteiger partial charge is 0.261 e. The summed E-state index contributed by atoms with van der Waals surface area (Å²) in [5.41, 5.74) is 2.36. The summed E-state index contributed by atoms with van der Waals surface area (Å²) in [6.45, 7) is 0.227. The molecule has 0 saturated heterocycles. The van der Waals surface area contributed by atoms with Crippen LogP contribution in [0, 0.1) is 0 Å². The summed E-state index contributed by atoms with van der Waals surface area (Å²) in [6, 6.07) is 21.5. The highest BCUT2D eigenvalue weighted by atomic mass is 16.5. The lowest BCUT2D eigenvalue weighted by atomic mass is 10.0. The molecule has 2 N–H and O–H groups in total. The number of carbonyl (C=O) groups is 2. The first-order valence-corrected chi connectivity index (χ1v) is 10.6. The number of carbonyl (C=O) groups excluding carboxylic acids is 2. The van der Waals surface area contributed by atoms with Gasteiger partial charge < -0.3 is 24.8 Å². The second-order valence-electron chi connectivity index (χ2n) is 7.41. The van der Waals surface area contributed by atoms with Crippen LogP contribution in [0.15, 0.2) is 90.0 Å². The summed E-state index contributed by atoms with van der Waals surface area (Å²) in [5.74, 6) is 0.537. The second-order valence-corrected chi connectivity index (χ2v) is 7.41. The SMILES string of the molecule is COc1ccccc1NC(=O)C(=CC1=Cc2ccccc2OC1)C(=O)Nc1ccccc1OC. The molecule has 0 atom stereocenters. The fourth-order valence-corrected chi connectivity index (χ4v) is 3.51. The normalized spacial score (nSPS) is 11.8. The van der Waals surface area contributed by atoms with Crippen LogP contribution in [-0.4, -0.2) is 32.6 Å². The number of hydrogen-bond acceptors (Lipinski definition) is 5. The molecule has 7 nitrogen and oxygen atoms in total. The minimum Gasteiger partial charge on any atom is -0.495 e. The first-order chi connectivity index (χ1) is 16.6. The zero-order chi connectivity index (χ0) is 23.9. The summed E-state index contributed by atoms with van der Waals surface area (Å²) in [6.07, 6.45) is 3.43. The Morgan fingerprint density at radius 2 is 1.32 bits per heavy atom. The van der Waals surface area contributed by atoms with Crippen molar-refractivity contribution in [1.29, 1.82) is 0 Å². The molecule has 0 aliphatic carbocycles. The fraction of sp³-hybridized carbons (Fsp3) is 0.111. The Kier molecular flexibility index (Phi) is 6.93. The van der Waals surface area contributed by atoms with E-state index in [0.29, 0.717) is 28.4 Å². The Morgan fingerprint density at radius 3 is 1.91 bits per heavy atom. The van der Waals surface area contributed by atoms with Crippen LogP contribution in [0.4, 0.5) is 11.4 Å². The lowest BCUT2D eigenvalue weighted by molar-refractivity contribution is -0.118. The van der Waals surface area contributed by atoms with Gasteiger partial charge in [-0.1, -0.05) is 42.5 Å². The fourth-order valence-electron chi connectivity index (χ4n) is 3.51. The molecule has 2 amide bonds. The molecular formula is C27H24N2O5. The van der Waals surface area contributed by atoms with Crippen molar-refractivity contribution < 1.29 is 23.8 Å². The van der Waals surface area contributed by atoms with Crippen molar-refractivity contribution in [3.05, 3.63) is 95.6 Å². The average Bonchev–Trinajstić information content (AvgIpc) is 2.87. The van der Waals surface area contributed by atoms with Gasteiger partial charge in [0.15, 0.2) is 0 Å². The van der Waals surface area contributed by atoms with Gasteiger partial charge in [0, 0.05) is 5.56 Å². The van der Waals surface area contributed by atoms with Gasteiger partial charge >= 0.3 is 0 Å². The van der Waals surface area contributed by atoms with Crippen LogP contribution < -0.4 is 24.8 Å². The predicted molar refractivity (Wildman–Crippen MR) is 131 cm³/mol. The van der Waals surface area contributed by atoms with Crippen molar-refractivity contribution in [3.8, 4) is 17.2 Å². The van der Waals surface area contributed by atoms with Gasteiger partial charge in [-0.3, -0.25) is 9.59 Å². The van der Waals surface area contributed by atoms with E-state index in [0.717, 1.165) is 11.3 Å². The van der Waals surface area contributed by atoms with E-state index in [4.69, 9.17) is 14.2 Å². The highest BCUT2D eigenvalue weighted by Crippen LogP contribution is 2.29. The quantitative estimate of drug-likeness (QED) is 0.306. The lowest BCUT2D eigenvalue weighted by Gasteiger charge is -2.17. The molecule has 1 aliphatic heterocycles. The number of para-hydroxylation sites is 5. The second kappa shape index (κ2) is 10.4. The number of fused-ring (bicyclic) bond motifs is 1. The van der Waals surface area contributed by atoms with E-state index >= 15 is 0 Å². The Hall–Kier alpha value is -4.52. The van der Waals surface area contributed by atoms with E-state index < -0.39 is 11.8 Å². The molecule has 172 valence electrons. The minimum atomic E-state index is -0.586. The third kappa shape index (κ3) is 5.10. The maximum Gasteiger partial charge on any atom is 0.261 e. The monoisotopic (exact) mass is 456 g/mol. The van der Waals surface area contributed by atoms with Gasteiger partial charge in [0.25, 0.3) is 11.8 Å². The maximum absolute atomic E-state index is 13.3. The molecular weight excluding hydrogens is 432 g/mol. The van der Waals surface area contributed by atoms with Crippen molar-refractivity contribution in [1.82, 2.24) is 0 Å². The van der Waals surface area contributed by atoms with Crippen molar-refractivity contribution in [2.75, 3.05) is 31.5 Å². The molecule has 3 aromatic carbocycles. The molecule has 0 fully saturated rings. The molecule has 3 aromatic rings. The topological polar surface area (TPSA) is 85.9 Å². The van der Waals surface area contributed by atoms with E-state index in [1.165, 1.54) is 20.3 Å². The predicted octanol–water partition coefficient (Wildman–Crippen LogP) is 4.68. The minimum absolute atomic E-state index is 0.0916. The lowest BCUT2D eigenvalue weighted by Crippen LogP contribution is -2.26. The number of anilines is 2. The van der Waals surface area contributed by atoms with Crippen molar-refractivity contribution in [2.24, 2.45) is 0 Å². The number of benzene rings is 3. The number of amides is 2. The molecule has 0 unspecified atom stereocenters. The molecule has 0 saturated carbocycles. The third-order valence-electron chi connectivity index (χ3n) is 5.18. The van der Waals surface area contributed by atoms with E-state index in [2.05, 4.69) is 10.6 Å². The molecule has 4 rings (SSSR count). The van der Waals surface area contributed by atoms with Crippen LogP contribution >= 0.6 is 0 Å². The maximum atomic E-state index is 13.3. The Bertz CT molecular complexity index is 1220. The summed E-state index contributed by atoms with van der Waals surface area (Å²) in [5, 5.41) is 5.55. The summed E-state index contributed by atoms with van der Waals surface area (Å²) >= 11 is 0. The van der Waals surface area contributed by atoms with E-state index in [1.807, 2.05) is 30.3 Å². The van der Waals surface area contributed by atoms with Crippen LogP contribution in [0.5, 0.6) is 17.2 Å². The van der Waals surface area contributed by atoms with Crippen LogP contribution in [0.3, 0.4) is 0 Å². The van der Waals surface area contributed by atoms with E-state index in [-0.39, 0.29) is 12.2 Å². The van der Waals surface area contributed by atoms with Crippen molar-refractivity contribution in [2.45, 2.75) is 0 Å². The Morgan fingerprint density at radius 1 is 0.794 bits per heavy atom. The van der Waals surface area contributed by atoms with Crippen LogP contribution in [0.2, 0.25) is 0 Å². The van der Waals surface area contributed by atoms with E-state index in [9.17, 15) is 9.59 Å². The standard InChI is InChI=1S/C27H24N2O5/c1-32-24-13-7-4-10-21(24)28-26(30)20(27(31)29-22-11-5-8-14-25(22)33-2)16-18-15-19-9-3-6-12-23(19)34-17-18/h3-16H,17H2,1-2H3,(H,28,30)(H,29,31). The summed E-state index contributed by atoms with van der Waals surface area (Å²) in [7, 11) is 3.02. The van der Waals surface area contributed by atoms with Crippen LogP contribution in [0.25, 0.3) is 6.08 Å². The first kappa shape index (κ1) is 22.7. The number of rotatable bonds is 7. The Balaban J connectivity index is 1.68. The third-order valence-corrected chi connectivity index (χ3v) is 5.18. The highest BCUT2D eigenvalue weighted by molar-refractivity contribution is 6.27. The van der Waals surface area contributed by atoms with Crippen molar-refractivity contribution in [3.63, 3.8) is 0 Å². The molecule has 0 spiro atoms. The number of hydrogen-bond donors (Lipinski definition) is 2. The summed E-state index contributed by atoms with van der Waals surface area (Å²) < 4.78 is 16.4. The van der Waals surface area contributed by atoms with E-state index in [1.54, 1.807) is 48.5 Å². The molecule has 0 radical (unpaired) electrons. The van der Waals surface area contributed by atoms with Gasteiger partial charge in [-0.25, -0.2) is 0 Å². The van der Waals surface area contributed by atoms with Gasteiger partial charge in [-0.2, -0.15) is 0 Å². The van der Waals surface area contributed by atoms with Gasteiger partial charge in [0.2, 0.25) is 0 Å². The number of ether oxygens (including phenoxy) is 3. The van der Waals surface area contributed by atoms with Crippen LogP contribution in [-0.2, 0) is 9.59 Å². The van der Waals surface area contributed by atoms with Gasteiger partial charge in [-0.15, -0.1) is 0 Å². The molecule has 7 heteroatoms. The zero-order valence-corrected chi connectivity index (χ0v) is 18.8. The van der Waals surface area contributed by atoms with Crippen molar-refractivity contribution >= 4 is 29.3 Å². The molecule has 1 heterocycles. The number of methoxy groups -OCH3 is 2. The van der Waals surface area contributed by atoms with Gasteiger partial charge in [0.05, 0.1) is 25.6 Å².